The summed E-state index contributed by atoms with van der Waals surface area (Å²) in [4.78, 5) is 27.9. The van der Waals surface area contributed by atoms with Crippen LogP contribution in [0.15, 0.2) is 47.5 Å². The van der Waals surface area contributed by atoms with E-state index < -0.39 is 27.0 Å². The van der Waals surface area contributed by atoms with Gasteiger partial charge in [0, 0.05) is 16.9 Å². The fourth-order valence-corrected chi connectivity index (χ4v) is 2.59. The van der Waals surface area contributed by atoms with E-state index >= 15 is 0 Å². The smallest absolute Gasteiger partial charge is 0.333 e. The third kappa shape index (κ3) is 5.01. The Labute approximate surface area is 149 Å². The first-order chi connectivity index (χ1) is 11.7. The molecule has 2 aromatic rings. The quantitative estimate of drug-likeness (QED) is 0.482. The largest absolute Gasteiger partial charge is 0.425 e. The number of halogens is 1. The van der Waals surface area contributed by atoms with Crippen LogP contribution in [0.1, 0.15) is 23.0 Å². The maximum absolute atomic E-state index is 12.3. The Balaban J connectivity index is 2.12. The molecule has 2 rings (SSSR count). The number of aryl methyl sites for hydroxylation is 1. The zero-order chi connectivity index (χ0) is 18.6. The van der Waals surface area contributed by atoms with Crippen LogP contribution in [0.4, 0.5) is 0 Å². The summed E-state index contributed by atoms with van der Waals surface area (Å²) in [7, 11) is 1.24. The molecule has 0 aliphatic heterocycles. The van der Waals surface area contributed by atoms with Gasteiger partial charge < -0.3 is 10.1 Å². The summed E-state index contributed by atoms with van der Waals surface area (Å²) in [5, 5.41) is 2.44. The molecule has 7 nitrogen and oxygen atoms in total. The number of amides is 1. The molecular weight excluding hydrogens is 368 g/mol. The van der Waals surface area contributed by atoms with Gasteiger partial charge in [-0.15, -0.1) is 0 Å². The predicted octanol–water partition coefficient (Wildman–Crippen LogP) is 2.04. The van der Waals surface area contributed by atoms with Gasteiger partial charge in [0.25, 0.3) is 15.0 Å². The van der Waals surface area contributed by atoms with E-state index in [-0.39, 0.29) is 10.5 Å². The van der Waals surface area contributed by atoms with Gasteiger partial charge in [-0.3, -0.25) is 9.78 Å². The molecule has 0 radical (unpaired) electrons. The molecule has 0 aliphatic rings. The van der Waals surface area contributed by atoms with Gasteiger partial charge >= 0.3 is 5.97 Å². The zero-order valence-electron chi connectivity index (χ0n) is 13.4. The maximum atomic E-state index is 12.3. The Hall–Kier alpha value is -2.45. The Morgan fingerprint density at radius 3 is 2.48 bits per heavy atom. The molecule has 0 aliphatic carbocycles. The van der Waals surface area contributed by atoms with Gasteiger partial charge in [-0.25, -0.2) is 13.2 Å². The monoisotopic (exact) mass is 382 g/mol. The van der Waals surface area contributed by atoms with Gasteiger partial charge in [0.2, 0.25) is 0 Å². The fourth-order valence-electron chi connectivity index (χ4n) is 1.90. The van der Waals surface area contributed by atoms with Gasteiger partial charge in [0.15, 0.2) is 0 Å². The van der Waals surface area contributed by atoms with Gasteiger partial charge in [-0.1, -0.05) is 18.2 Å². The minimum Gasteiger partial charge on any atom is -0.425 e. The maximum Gasteiger partial charge on any atom is 0.333 e. The molecule has 0 fully saturated rings. The summed E-state index contributed by atoms with van der Waals surface area (Å²) in [5.74, 6) is -0.974. The van der Waals surface area contributed by atoms with Crippen molar-refractivity contribution in [1.82, 2.24) is 10.3 Å². The summed E-state index contributed by atoms with van der Waals surface area (Å²) in [6.07, 6.45) is 1.06. The molecule has 132 valence electrons. The SMILES string of the molecule is Cc1ncc(S(=O)(=O)Cl)cc1C(=O)N[C@@H](C)C(=O)Oc1ccccc1. The van der Waals surface area contributed by atoms with Crippen molar-refractivity contribution >= 4 is 31.6 Å². The van der Waals surface area contributed by atoms with Crippen molar-refractivity contribution in [2.45, 2.75) is 24.8 Å². The van der Waals surface area contributed by atoms with Crippen molar-refractivity contribution in [2.75, 3.05) is 0 Å². The third-order valence-electron chi connectivity index (χ3n) is 3.25. The van der Waals surface area contributed by atoms with E-state index in [1.54, 1.807) is 30.3 Å². The molecule has 0 bridgehead atoms. The van der Waals surface area contributed by atoms with E-state index in [2.05, 4.69) is 10.3 Å². The molecule has 9 heteroatoms. The summed E-state index contributed by atoms with van der Waals surface area (Å²) in [6.45, 7) is 2.99. The van der Waals surface area contributed by atoms with Crippen LogP contribution in [0.2, 0.25) is 0 Å². The van der Waals surface area contributed by atoms with Gasteiger partial charge in [0.05, 0.1) is 11.3 Å². The van der Waals surface area contributed by atoms with E-state index in [4.69, 9.17) is 15.4 Å². The number of hydrogen-bond donors (Lipinski definition) is 1. The van der Waals surface area contributed by atoms with E-state index in [1.807, 2.05) is 0 Å². The van der Waals surface area contributed by atoms with Crippen molar-refractivity contribution in [3.63, 3.8) is 0 Å². The number of hydrogen-bond acceptors (Lipinski definition) is 6. The van der Waals surface area contributed by atoms with E-state index in [9.17, 15) is 18.0 Å². The number of ether oxygens (including phenoxy) is 1. The summed E-state index contributed by atoms with van der Waals surface area (Å²) in [5.41, 5.74) is 0.297. The number of aromatic nitrogens is 1. The second kappa shape index (κ2) is 7.62. The number of carbonyl (C=O) groups is 2. The summed E-state index contributed by atoms with van der Waals surface area (Å²) >= 11 is 0. The predicted molar refractivity (Wildman–Crippen MR) is 91.0 cm³/mol. The summed E-state index contributed by atoms with van der Waals surface area (Å²) < 4.78 is 27.9. The molecule has 0 saturated heterocycles. The third-order valence-corrected chi connectivity index (χ3v) is 4.57. The summed E-state index contributed by atoms with van der Waals surface area (Å²) in [6, 6.07) is 8.55. The molecule has 25 heavy (non-hydrogen) atoms. The van der Waals surface area contributed by atoms with Crippen molar-refractivity contribution in [3.8, 4) is 5.75 Å². The number of rotatable bonds is 5. The number of nitrogens with one attached hydrogen (secondary N) is 1. The fraction of sp³-hybridized carbons (Fsp3) is 0.188. The average molecular weight is 383 g/mol. The number of benzene rings is 1. The molecule has 0 saturated carbocycles. The number of para-hydroxylation sites is 1. The second-order valence-electron chi connectivity index (χ2n) is 5.17. The highest BCUT2D eigenvalue weighted by Crippen LogP contribution is 2.17. The lowest BCUT2D eigenvalue weighted by atomic mass is 10.2. The number of esters is 1. The first kappa shape index (κ1) is 18.9. The van der Waals surface area contributed by atoms with Crippen molar-refractivity contribution in [1.29, 1.82) is 0 Å². The molecule has 1 atom stereocenters. The topological polar surface area (TPSA) is 102 Å². The minimum atomic E-state index is -4.02. The van der Waals surface area contributed by atoms with E-state index in [0.717, 1.165) is 12.3 Å². The van der Waals surface area contributed by atoms with E-state index in [1.165, 1.54) is 13.8 Å². The van der Waals surface area contributed by atoms with Crippen LogP contribution in [0, 0.1) is 6.92 Å². The second-order valence-corrected chi connectivity index (χ2v) is 7.74. The molecule has 1 heterocycles. The normalized spacial score (nSPS) is 12.3. The Kier molecular flexibility index (Phi) is 5.76. The van der Waals surface area contributed by atoms with Gasteiger partial charge in [-0.2, -0.15) is 0 Å². The number of carbonyl (C=O) groups excluding carboxylic acids is 2. The van der Waals surface area contributed by atoms with Crippen LogP contribution in [0.25, 0.3) is 0 Å². The van der Waals surface area contributed by atoms with Crippen LogP contribution in [0.3, 0.4) is 0 Å². The zero-order valence-corrected chi connectivity index (χ0v) is 15.0. The van der Waals surface area contributed by atoms with Crippen molar-refractivity contribution in [2.24, 2.45) is 0 Å². The highest BCUT2D eigenvalue weighted by Gasteiger charge is 2.22. The lowest BCUT2D eigenvalue weighted by molar-refractivity contribution is -0.136. The van der Waals surface area contributed by atoms with E-state index in [0.29, 0.717) is 11.4 Å². The van der Waals surface area contributed by atoms with Crippen LogP contribution in [-0.4, -0.2) is 31.3 Å². The average Bonchev–Trinajstić information content (AvgIpc) is 2.54. The van der Waals surface area contributed by atoms with Gasteiger partial charge in [0.1, 0.15) is 16.7 Å². The van der Waals surface area contributed by atoms with Crippen LogP contribution >= 0.6 is 10.7 Å². The Morgan fingerprint density at radius 2 is 1.88 bits per heavy atom. The molecule has 1 amide bonds. The molecule has 0 unspecified atom stereocenters. The molecule has 1 N–H and O–H groups in total. The molecule has 1 aromatic heterocycles. The number of pyridine rings is 1. The first-order valence-corrected chi connectivity index (χ1v) is 9.48. The lowest BCUT2D eigenvalue weighted by Gasteiger charge is -2.14. The first-order valence-electron chi connectivity index (χ1n) is 7.17. The number of nitrogens with zero attached hydrogens (tertiary/aromatic N) is 1. The standard InChI is InChI=1S/C16H15ClN2O5S/c1-10-14(8-13(9-18-10)25(17,22)23)15(20)19-11(2)16(21)24-12-6-4-3-5-7-12/h3-9,11H,1-2H3,(H,19,20)/t11-/m0/s1. The van der Waals surface area contributed by atoms with Crippen molar-refractivity contribution < 1.29 is 22.7 Å². The highest BCUT2D eigenvalue weighted by atomic mass is 35.7. The van der Waals surface area contributed by atoms with Crippen LogP contribution < -0.4 is 10.1 Å². The molecule has 1 aromatic carbocycles. The van der Waals surface area contributed by atoms with Crippen LogP contribution in [0.5, 0.6) is 5.75 Å². The van der Waals surface area contributed by atoms with Gasteiger partial charge in [-0.05, 0) is 32.0 Å². The molecular formula is C16H15ClN2O5S. The lowest BCUT2D eigenvalue weighted by Crippen LogP contribution is -2.41. The Bertz CT molecular complexity index is 900. The Morgan fingerprint density at radius 1 is 1.24 bits per heavy atom. The molecule has 0 spiro atoms. The highest BCUT2D eigenvalue weighted by molar-refractivity contribution is 8.13. The van der Waals surface area contributed by atoms with Crippen molar-refractivity contribution in [3.05, 3.63) is 53.9 Å². The van der Waals surface area contributed by atoms with Crippen LogP contribution in [-0.2, 0) is 13.8 Å². The minimum absolute atomic E-state index is 0.00101.